The Hall–Kier alpha value is -1.62. The number of alkyl halides is 3. The van der Waals surface area contributed by atoms with E-state index in [2.05, 4.69) is 5.32 Å². The second-order valence-corrected chi connectivity index (χ2v) is 3.98. The van der Waals surface area contributed by atoms with Gasteiger partial charge in [-0.15, -0.1) is 0 Å². The fraction of sp³-hybridized carbons (Fsp3) is 0.417. The van der Waals surface area contributed by atoms with Gasteiger partial charge >= 0.3 is 6.18 Å². The molecule has 0 aliphatic heterocycles. The van der Waals surface area contributed by atoms with Gasteiger partial charge in [0.15, 0.2) is 0 Å². The van der Waals surface area contributed by atoms with Crippen LogP contribution in [0.5, 0.6) is 0 Å². The molecule has 0 radical (unpaired) electrons. The molecule has 0 saturated heterocycles. The predicted octanol–water partition coefficient (Wildman–Crippen LogP) is 1.19. The van der Waals surface area contributed by atoms with Gasteiger partial charge in [0.25, 0.3) is 0 Å². The molecule has 1 aromatic carbocycles. The van der Waals surface area contributed by atoms with Crippen LogP contribution >= 0.6 is 0 Å². The van der Waals surface area contributed by atoms with Crippen molar-refractivity contribution >= 4 is 0 Å². The molecule has 0 aliphatic carbocycles. The number of benzene rings is 1. The second kappa shape index (κ2) is 6.02. The van der Waals surface area contributed by atoms with Crippen molar-refractivity contribution in [2.45, 2.75) is 18.4 Å². The molecule has 19 heavy (non-hydrogen) atoms. The van der Waals surface area contributed by atoms with Crippen molar-refractivity contribution in [3.05, 3.63) is 34.9 Å². The Kier molecular flexibility index (Phi) is 4.89. The van der Waals surface area contributed by atoms with E-state index in [1.54, 1.807) is 6.07 Å². The summed E-state index contributed by atoms with van der Waals surface area (Å²) in [4.78, 5) is 0. The first-order chi connectivity index (χ1) is 8.81. The normalized spacial score (nSPS) is 14.8. The maximum absolute atomic E-state index is 12.9. The van der Waals surface area contributed by atoms with Crippen LogP contribution in [-0.4, -0.2) is 29.9 Å². The topological polar surface area (TPSA) is 76.3 Å². The average Bonchev–Trinajstić information content (AvgIpc) is 2.36. The van der Waals surface area contributed by atoms with Crippen LogP contribution in [0.15, 0.2) is 18.2 Å². The zero-order chi connectivity index (χ0) is 14.6. The quantitative estimate of drug-likeness (QED) is 0.771. The lowest BCUT2D eigenvalue weighted by Gasteiger charge is -2.21. The zero-order valence-corrected chi connectivity index (χ0v) is 10.1. The number of nitrogens with zero attached hydrogens (tertiary/aromatic N) is 1. The van der Waals surface area contributed by atoms with Crippen molar-refractivity contribution in [3.63, 3.8) is 0 Å². The van der Waals surface area contributed by atoms with Gasteiger partial charge < -0.3 is 15.5 Å². The summed E-state index contributed by atoms with van der Waals surface area (Å²) in [5, 5.41) is 30.5. The maximum atomic E-state index is 12.9. The van der Waals surface area contributed by atoms with Gasteiger partial charge in [-0.3, -0.25) is 0 Å². The molecule has 4 nitrogen and oxygen atoms in total. The molecular weight excluding hydrogens is 261 g/mol. The first-order valence-electron chi connectivity index (χ1n) is 5.43. The molecule has 0 heterocycles. The second-order valence-electron chi connectivity index (χ2n) is 3.98. The zero-order valence-electron chi connectivity index (χ0n) is 10.1. The Morgan fingerprint density at radius 2 is 2.00 bits per heavy atom. The van der Waals surface area contributed by atoms with E-state index in [4.69, 9.17) is 5.26 Å². The predicted molar refractivity (Wildman–Crippen MR) is 61.1 cm³/mol. The number of rotatable bonds is 4. The Morgan fingerprint density at radius 1 is 1.37 bits per heavy atom. The minimum Gasteiger partial charge on any atom is -0.389 e. The fourth-order valence-electron chi connectivity index (χ4n) is 1.66. The standard InChI is InChI=1S/C12H13F3N2O2/c1-17-6-10(18)11(19)8-3-2-7(5-16)4-9(8)12(13,14)15/h2-4,10-11,17-19H,6H2,1H3. The summed E-state index contributed by atoms with van der Waals surface area (Å²) in [7, 11) is 1.50. The van der Waals surface area contributed by atoms with E-state index in [-0.39, 0.29) is 12.1 Å². The van der Waals surface area contributed by atoms with Crippen molar-refractivity contribution in [1.29, 1.82) is 5.26 Å². The summed E-state index contributed by atoms with van der Waals surface area (Å²) in [5.74, 6) is 0. The van der Waals surface area contributed by atoms with Crippen LogP contribution in [0.4, 0.5) is 13.2 Å². The highest BCUT2D eigenvalue weighted by molar-refractivity contribution is 5.41. The summed E-state index contributed by atoms with van der Waals surface area (Å²) in [6, 6.07) is 4.43. The minimum absolute atomic E-state index is 0.0571. The molecule has 3 N–H and O–H groups in total. The molecule has 0 aromatic heterocycles. The van der Waals surface area contributed by atoms with Crippen LogP contribution in [0.2, 0.25) is 0 Å². The lowest BCUT2D eigenvalue weighted by atomic mass is 9.96. The highest BCUT2D eigenvalue weighted by Crippen LogP contribution is 2.36. The molecule has 0 saturated carbocycles. The molecule has 7 heteroatoms. The molecule has 2 atom stereocenters. The van der Waals surface area contributed by atoms with E-state index in [9.17, 15) is 23.4 Å². The number of halogens is 3. The number of hydrogen-bond donors (Lipinski definition) is 3. The van der Waals surface area contributed by atoms with Crippen molar-refractivity contribution in [1.82, 2.24) is 5.32 Å². The smallest absolute Gasteiger partial charge is 0.389 e. The lowest BCUT2D eigenvalue weighted by molar-refractivity contribution is -0.139. The molecule has 0 bridgehead atoms. The van der Waals surface area contributed by atoms with E-state index in [1.807, 2.05) is 0 Å². The molecule has 1 rings (SSSR count). The Balaban J connectivity index is 3.24. The largest absolute Gasteiger partial charge is 0.416 e. The third kappa shape index (κ3) is 3.67. The van der Waals surface area contributed by atoms with E-state index >= 15 is 0 Å². The highest BCUT2D eigenvalue weighted by Gasteiger charge is 2.36. The summed E-state index contributed by atoms with van der Waals surface area (Å²) in [6.45, 7) is -0.0571. The molecule has 1 aromatic rings. The molecule has 0 aliphatic rings. The van der Waals surface area contributed by atoms with Crippen LogP contribution in [0.1, 0.15) is 22.8 Å². The van der Waals surface area contributed by atoms with Crippen LogP contribution < -0.4 is 5.32 Å². The van der Waals surface area contributed by atoms with E-state index in [0.29, 0.717) is 6.07 Å². The number of aliphatic hydroxyl groups excluding tert-OH is 2. The van der Waals surface area contributed by atoms with Crippen LogP contribution in [0.3, 0.4) is 0 Å². The van der Waals surface area contributed by atoms with Crippen molar-refractivity contribution in [2.75, 3.05) is 13.6 Å². The first kappa shape index (κ1) is 15.4. The van der Waals surface area contributed by atoms with Crippen molar-refractivity contribution in [2.24, 2.45) is 0 Å². The van der Waals surface area contributed by atoms with Gasteiger partial charge in [-0.25, -0.2) is 0 Å². The fourth-order valence-corrected chi connectivity index (χ4v) is 1.66. The third-order valence-corrected chi connectivity index (χ3v) is 2.58. The van der Waals surface area contributed by atoms with Gasteiger partial charge in [-0.05, 0) is 24.7 Å². The summed E-state index contributed by atoms with van der Waals surface area (Å²) in [5.41, 5.74) is -1.73. The van der Waals surface area contributed by atoms with Gasteiger partial charge in [0, 0.05) is 6.54 Å². The third-order valence-electron chi connectivity index (χ3n) is 2.58. The minimum atomic E-state index is -4.71. The molecular formula is C12H13F3N2O2. The first-order valence-corrected chi connectivity index (χ1v) is 5.43. The van der Waals surface area contributed by atoms with E-state index in [1.165, 1.54) is 13.1 Å². The number of likely N-dealkylation sites (N-methyl/N-ethyl adjacent to an activating group) is 1. The van der Waals surface area contributed by atoms with Crippen LogP contribution in [-0.2, 0) is 6.18 Å². The highest BCUT2D eigenvalue weighted by atomic mass is 19.4. The number of nitriles is 1. The van der Waals surface area contributed by atoms with Gasteiger partial charge in [-0.1, -0.05) is 6.07 Å². The SMILES string of the molecule is CNCC(O)C(O)c1ccc(C#N)cc1C(F)(F)F. The van der Waals surface area contributed by atoms with Gasteiger partial charge in [-0.2, -0.15) is 18.4 Å². The summed E-state index contributed by atoms with van der Waals surface area (Å²) in [6.07, 6.45) is -7.77. The number of aliphatic hydroxyl groups is 2. The molecule has 2 unspecified atom stereocenters. The lowest BCUT2D eigenvalue weighted by Crippen LogP contribution is -2.30. The number of nitrogens with one attached hydrogen (secondary N) is 1. The Bertz CT molecular complexity index is 483. The summed E-state index contributed by atoms with van der Waals surface area (Å²) < 4.78 is 38.6. The molecule has 104 valence electrons. The van der Waals surface area contributed by atoms with E-state index in [0.717, 1.165) is 6.07 Å². The van der Waals surface area contributed by atoms with E-state index < -0.39 is 29.5 Å². The molecule has 0 spiro atoms. The van der Waals surface area contributed by atoms with Crippen LogP contribution in [0, 0.1) is 11.3 Å². The molecule has 0 amide bonds. The Labute approximate surface area is 108 Å². The van der Waals surface area contributed by atoms with Gasteiger partial charge in [0.05, 0.1) is 23.3 Å². The molecule has 0 fully saturated rings. The van der Waals surface area contributed by atoms with Gasteiger partial charge in [0.1, 0.15) is 6.10 Å². The monoisotopic (exact) mass is 274 g/mol. The average molecular weight is 274 g/mol. The van der Waals surface area contributed by atoms with Crippen molar-refractivity contribution in [3.8, 4) is 6.07 Å². The summed E-state index contributed by atoms with van der Waals surface area (Å²) >= 11 is 0. The van der Waals surface area contributed by atoms with Crippen LogP contribution in [0.25, 0.3) is 0 Å². The maximum Gasteiger partial charge on any atom is 0.416 e. The number of hydrogen-bond acceptors (Lipinski definition) is 4. The Morgan fingerprint density at radius 3 is 2.47 bits per heavy atom. The van der Waals surface area contributed by atoms with Crippen molar-refractivity contribution < 1.29 is 23.4 Å². The van der Waals surface area contributed by atoms with Gasteiger partial charge in [0.2, 0.25) is 0 Å².